The van der Waals surface area contributed by atoms with E-state index in [1.807, 2.05) is 48.5 Å². The van der Waals surface area contributed by atoms with Crippen LogP contribution in [0.1, 0.15) is 5.56 Å². The van der Waals surface area contributed by atoms with Crippen LogP contribution in [0.25, 0.3) is 0 Å². The second-order valence-corrected chi connectivity index (χ2v) is 7.75. The molecule has 0 aliphatic carbocycles. The minimum atomic E-state index is -3.48. The minimum absolute atomic E-state index is 0.0229. The van der Waals surface area contributed by atoms with Crippen LogP contribution in [0.3, 0.4) is 0 Å². The summed E-state index contributed by atoms with van der Waals surface area (Å²) in [6, 6.07) is 18.5. The first-order chi connectivity index (χ1) is 10.6. The molecule has 1 heterocycles. The minimum Gasteiger partial charge on any atom is -0.330 e. The first-order valence-corrected chi connectivity index (χ1v) is 9.03. The van der Waals surface area contributed by atoms with Crippen LogP contribution in [0, 0.1) is 0 Å². The Bertz CT molecular complexity index is 847. The number of hydrogen-bond acceptors (Lipinski definition) is 6. The van der Waals surface area contributed by atoms with Crippen molar-refractivity contribution in [2.45, 2.75) is 10.1 Å². The SMILES string of the molecule is O=S(=O)(Cc1ccccc1)c1nnc(Nc2ccccc2)s1. The van der Waals surface area contributed by atoms with Gasteiger partial charge in [0, 0.05) is 5.69 Å². The van der Waals surface area contributed by atoms with Gasteiger partial charge in [-0.1, -0.05) is 59.9 Å². The van der Waals surface area contributed by atoms with Gasteiger partial charge in [0.2, 0.25) is 19.3 Å². The van der Waals surface area contributed by atoms with E-state index in [0.717, 1.165) is 22.6 Å². The van der Waals surface area contributed by atoms with Crippen LogP contribution in [-0.4, -0.2) is 18.6 Å². The second-order valence-electron chi connectivity index (χ2n) is 4.61. The predicted molar refractivity (Wildman–Crippen MR) is 87.0 cm³/mol. The molecule has 0 atom stereocenters. The Morgan fingerprint density at radius 1 is 0.909 bits per heavy atom. The molecule has 3 aromatic rings. The second kappa shape index (κ2) is 6.25. The zero-order valence-corrected chi connectivity index (χ0v) is 13.1. The van der Waals surface area contributed by atoms with E-state index in [-0.39, 0.29) is 10.1 Å². The van der Waals surface area contributed by atoms with Crippen molar-refractivity contribution >= 4 is 32.0 Å². The van der Waals surface area contributed by atoms with Gasteiger partial charge < -0.3 is 5.32 Å². The zero-order valence-electron chi connectivity index (χ0n) is 11.5. The van der Waals surface area contributed by atoms with Crippen LogP contribution in [0.4, 0.5) is 10.8 Å². The first-order valence-electron chi connectivity index (χ1n) is 6.56. The van der Waals surface area contributed by atoms with E-state index >= 15 is 0 Å². The van der Waals surface area contributed by atoms with Crippen molar-refractivity contribution in [2.24, 2.45) is 0 Å². The number of hydrogen-bond donors (Lipinski definition) is 1. The van der Waals surface area contributed by atoms with Crippen LogP contribution >= 0.6 is 11.3 Å². The van der Waals surface area contributed by atoms with Gasteiger partial charge in [0.05, 0.1) is 5.75 Å². The smallest absolute Gasteiger partial charge is 0.234 e. The Morgan fingerprint density at radius 2 is 1.55 bits per heavy atom. The van der Waals surface area contributed by atoms with Gasteiger partial charge in [-0.05, 0) is 17.7 Å². The lowest BCUT2D eigenvalue weighted by atomic mass is 10.2. The molecule has 0 fully saturated rings. The van der Waals surface area contributed by atoms with E-state index in [9.17, 15) is 8.42 Å². The third kappa shape index (κ3) is 3.49. The summed E-state index contributed by atoms with van der Waals surface area (Å²) in [5.41, 5.74) is 1.57. The summed E-state index contributed by atoms with van der Waals surface area (Å²) < 4.78 is 24.7. The molecule has 0 bridgehead atoms. The lowest BCUT2D eigenvalue weighted by molar-refractivity contribution is 0.593. The molecule has 1 N–H and O–H groups in total. The average Bonchev–Trinajstić information content (AvgIpc) is 2.98. The van der Waals surface area contributed by atoms with E-state index < -0.39 is 9.84 Å². The number of benzene rings is 2. The molecule has 7 heteroatoms. The molecular weight excluding hydrogens is 318 g/mol. The Kier molecular flexibility index (Phi) is 4.17. The van der Waals surface area contributed by atoms with Crippen LogP contribution in [0.5, 0.6) is 0 Å². The predicted octanol–water partition coefficient (Wildman–Crippen LogP) is 3.26. The molecule has 2 aromatic carbocycles. The van der Waals surface area contributed by atoms with Crippen molar-refractivity contribution in [2.75, 3.05) is 5.32 Å². The monoisotopic (exact) mass is 331 g/mol. The molecule has 1 aromatic heterocycles. The highest BCUT2D eigenvalue weighted by atomic mass is 32.2. The molecule has 0 aliphatic rings. The number of sulfone groups is 1. The number of anilines is 2. The molecule has 0 radical (unpaired) electrons. The largest absolute Gasteiger partial charge is 0.330 e. The fourth-order valence-electron chi connectivity index (χ4n) is 1.89. The van der Waals surface area contributed by atoms with Crippen LogP contribution in [0.15, 0.2) is 65.0 Å². The Labute approximate surface area is 132 Å². The molecule has 0 unspecified atom stereocenters. The highest BCUT2D eigenvalue weighted by Gasteiger charge is 2.21. The van der Waals surface area contributed by atoms with E-state index in [2.05, 4.69) is 15.5 Å². The normalized spacial score (nSPS) is 11.3. The first kappa shape index (κ1) is 14.7. The van der Waals surface area contributed by atoms with Gasteiger partial charge in [-0.15, -0.1) is 10.2 Å². The lowest BCUT2D eigenvalue weighted by Crippen LogP contribution is -2.04. The van der Waals surface area contributed by atoms with Crippen molar-refractivity contribution in [3.63, 3.8) is 0 Å². The maximum atomic E-state index is 12.3. The van der Waals surface area contributed by atoms with Crippen LogP contribution in [0.2, 0.25) is 0 Å². The van der Waals surface area contributed by atoms with Gasteiger partial charge in [0.25, 0.3) is 0 Å². The van der Waals surface area contributed by atoms with Crippen molar-refractivity contribution in [3.05, 3.63) is 66.2 Å². The number of para-hydroxylation sites is 1. The standard InChI is InChI=1S/C15H13N3O2S2/c19-22(20,11-12-7-3-1-4-8-12)15-18-17-14(21-15)16-13-9-5-2-6-10-13/h1-10H,11H2,(H,16,17). The number of aromatic nitrogens is 2. The van der Waals surface area contributed by atoms with Crippen LogP contribution < -0.4 is 5.32 Å². The topological polar surface area (TPSA) is 72.0 Å². The van der Waals surface area contributed by atoms with Gasteiger partial charge in [-0.25, -0.2) is 8.42 Å². The van der Waals surface area contributed by atoms with Crippen molar-refractivity contribution < 1.29 is 8.42 Å². The maximum Gasteiger partial charge on any atom is 0.234 e. The van der Waals surface area contributed by atoms with Gasteiger partial charge in [-0.2, -0.15) is 0 Å². The van der Waals surface area contributed by atoms with Crippen molar-refractivity contribution in [1.82, 2.24) is 10.2 Å². The lowest BCUT2D eigenvalue weighted by Gasteiger charge is -2.00. The highest BCUT2D eigenvalue weighted by Crippen LogP contribution is 2.25. The van der Waals surface area contributed by atoms with Gasteiger partial charge in [-0.3, -0.25) is 0 Å². The highest BCUT2D eigenvalue weighted by molar-refractivity contribution is 7.92. The summed E-state index contributed by atoms with van der Waals surface area (Å²) in [5, 5.41) is 11.2. The van der Waals surface area contributed by atoms with E-state index in [0.29, 0.717) is 5.13 Å². The number of nitrogens with one attached hydrogen (secondary N) is 1. The molecule has 0 spiro atoms. The van der Waals surface area contributed by atoms with Crippen molar-refractivity contribution in [1.29, 1.82) is 0 Å². The molecule has 3 rings (SSSR count). The number of rotatable bonds is 5. The molecule has 0 aliphatic heterocycles. The average molecular weight is 331 g/mol. The zero-order chi connectivity index (χ0) is 15.4. The third-order valence-electron chi connectivity index (χ3n) is 2.90. The van der Waals surface area contributed by atoms with Gasteiger partial charge in [0.15, 0.2) is 0 Å². The molecular formula is C15H13N3O2S2. The molecule has 5 nitrogen and oxygen atoms in total. The number of nitrogens with zero attached hydrogens (tertiary/aromatic N) is 2. The van der Waals surface area contributed by atoms with E-state index in [1.165, 1.54) is 0 Å². The fraction of sp³-hybridized carbons (Fsp3) is 0.0667. The summed E-state index contributed by atoms with van der Waals surface area (Å²) in [6.07, 6.45) is 0. The summed E-state index contributed by atoms with van der Waals surface area (Å²) in [7, 11) is -3.48. The summed E-state index contributed by atoms with van der Waals surface area (Å²) in [4.78, 5) is 0. The third-order valence-corrected chi connectivity index (χ3v) is 5.87. The summed E-state index contributed by atoms with van der Waals surface area (Å²) in [5.74, 6) is -0.0756. The van der Waals surface area contributed by atoms with Gasteiger partial charge in [0.1, 0.15) is 0 Å². The molecule has 0 saturated heterocycles. The molecule has 0 saturated carbocycles. The molecule has 0 amide bonds. The van der Waals surface area contributed by atoms with E-state index in [1.54, 1.807) is 12.1 Å². The maximum absolute atomic E-state index is 12.3. The quantitative estimate of drug-likeness (QED) is 0.777. The Morgan fingerprint density at radius 3 is 2.23 bits per heavy atom. The fourth-order valence-corrected chi connectivity index (χ4v) is 4.23. The summed E-state index contributed by atoms with van der Waals surface area (Å²) in [6.45, 7) is 0. The summed E-state index contributed by atoms with van der Waals surface area (Å²) >= 11 is 1.03. The molecule has 112 valence electrons. The van der Waals surface area contributed by atoms with Crippen molar-refractivity contribution in [3.8, 4) is 0 Å². The Hall–Kier alpha value is -2.25. The molecule has 22 heavy (non-hydrogen) atoms. The van der Waals surface area contributed by atoms with Gasteiger partial charge >= 0.3 is 0 Å². The van der Waals surface area contributed by atoms with E-state index in [4.69, 9.17) is 0 Å². The Balaban J connectivity index is 1.78. The van der Waals surface area contributed by atoms with Crippen LogP contribution in [-0.2, 0) is 15.6 Å².